The Hall–Kier alpha value is -1.95. The highest BCUT2D eigenvalue weighted by Crippen LogP contribution is 2.19. The summed E-state index contributed by atoms with van der Waals surface area (Å²) in [5.74, 6) is 0.851. The van der Waals surface area contributed by atoms with Crippen LogP contribution >= 0.6 is 12.2 Å². The summed E-state index contributed by atoms with van der Waals surface area (Å²) in [6, 6.07) is 10.2. The molecule has 0 spiro atoms. The molecule has 3 rings (SSSR count). The first kappa shape index (κ1) is 13.1. The zero-order valence-corrected chi connectivity index (χ0v) is 11.8. The third-order valence-electron chi connectivity index (χ3n) is 3.30. The fourth-order valence-electron chi connectivity index (χ4n) is 2.07. The van der Waals surface area contributed by atoms with Gasteiger partial charge in [-0.2, -0.15) is 5.10 Å². The van der Waals surface area contributed by atoms with Crippen molar-refractivity contribution in [1.29, 1.82) is 0 Å². The average Bonchev–Trinajstić information content (AvgIpc) is 3.19. The van der Waals surface area contributed by atoms with Gasteiger partial charge in [-0.15, -0.1) is 0 Å². The Labute approximate surface area is 122 Å². The van der Waals surface area contributed by atoms with Gasteiger partial charge in [-0.05, 0) is 25.1 Å². The van der Waals surface area contributed by atoms with Crippen molar-refractivity contribution in [2.24, 2.45) is 0 Å². The molecule has 5 nitrogen and oxygen atoms in total. The lowest BCUT2D eigenvalue weighted by Crippen LogP contribution is -2.26. The summed E-state index contributed by atoms with van der Waals surface area (Å²) < 4.78 is 2.42. The molecule has 0 unspecified atom stereocenters. The lowest BCUT2D eigenvalue weighted by molar-refractivity contribution is -0.121. The maximum absolute atomic E-state index is 11.8. The largest absolute Gasteiger partial charge is 0.353 e. The fraction of sp³-hybridized carbons (Fsp3) is 0.357. The monoisotopic (exact) mass is 288 g/mol. The van der Waals surface area contributed by atoms with Gasteiger partial charge in [-0.3, -0.25) is 14.5 Å². The number of aromatic amines is 1. The van der Waals surface area contributed by atoms with Crippen LogP contribution in [0.2, 0.25) is 0 Å². The second-order valence-corrected chi connectivity index (χ2v) is 5.35. The number of benzene rings is 1. The molecule has 2 N–H and O–H groups in total. The van der Waals surface area contributed by atoms with Crippen LogP contribution in [-0.4, -0.2) is 26.7 Å². The van der Waals surface area contributed by atoms with Gasteiger partial charge >= 0.3 is 0 Å². The Balaban J connectivity index is 1.74. The summed E-state index contributed by atoms with van der Waals surface area (Å²) in [6.45, 7) is 0.540. The van der Waals surface area contributed by atoms with Crippen LogP contribution in [0, 0.1) is 4.77 Å². The number of hydrogen-bond donors (Lipinski definition) is 2. The molecule has 1 aromatic carbocycles. The lowest BCUT2D eigenvalue weighted by atomic mass is 10.2. The SMILES string of the molecule is O=C(CCn1c(-c2ccccc2)n[nH]c1=S)NC1CC1. The van der Waals surface area contributed by atoms with E-state index in [1.165, 1.54) is 0 Å². The van der Waals surface area contributed by atoms with Gasteiger partial charge in [0.1, 0.15) is 0 Å². The number of carbonyl (C=O) groups is 1. The summed E-state index contributed by atoms with van der Waals surface area (Å²) in [5.41, 5.74) is 0.988. The molecule has 0 atom stereocenters. The summed E-state index contributed by atoms with van der Waals surface area (Å²) in [5, 5.41) is 10.0. The van der Waals surface area contributed by atoms with Crippen molar-refractivity contribution in [2.75, 3.05) is 0 Å². The number of nitrogens with one attached hydrogen (secondary N) is 2. The minimum atomic E-state index is 0.0783. The fourth-order valence-corrected chi connectivity index (χ4v) is 2.30. The van der Waals surface area contributed by atoms with E-state index in [9.17, 15) is 4.79 Å². The number of hydrogen-bond acceptors (Lipinski definition) is 3. The minimum absolute atomic E-state index is 0.0783. The predicted molar refractivity (Wildman–Crippen MR) is 78.6 cm³/mol. The van der Waals surface area contributed by atoms with Gasteiger partial charge in [0.05, 0.1) is 0 Å². The van der Waals surface area contributed by atoms with Gasteiger partial charge in [0.25, 0.3) is 0 Å². The highest BCUT2D eigenvalue weighted by molar-refractivity contribution is 7.71. The molecule has 1 heterocycles. The highest BCUT2D eigenvalue weighted by Gasteiger charge is 2.23. The first-order chi connectivity index (χ1) is 9.74. The molecule has 1 saturated carbocycles. The van der Waals surface area contributed by atoms with E-state index in [1.807, 2.05) is 34.9 Å². The number of nitrogens with zero attached hydrogens (tertiary/aromatic N) is 2. The van der Waals surface area contributed by atoms with Gasteiger partial charge < -0.3 is 5.32 Å². The first-order valence-electron chi connectivity index (χ1n) is 6.74. The van der Waals surface area contributed by atoms with Crippen molar-refractivity contribution in [1.82, 2.24) is 20.1 Å². The van der Waals surface area contributed by atoms with Crippen LogP contribution in [0.1, 0.15) is 19.3 Å². The van der Waals surface area contributed by atoms with E-state index in [-0.39, 0.29) is 5.91 Å². The zero-order chi connectivity index (χ0) is 13.9. The molecule has 0 bridgehead atoms. The molecule has 1 fully saturated rings. The predicted octanol–water partition coefficient (Wildman–Crippen LogP) is 2.28. The van der Waals surface area contributed by atoms with Crippen molar-refractivity contribution in [3.8, 4) is 11.4 Å². The number of H-pyrrole nitrogens is 1. The van der Waals surface area contributed by atoms with Crippen molar-refractivity contribution in [3.05, 3.63) is 35.1 Å². The Morgan fingerprint density at radius 3 is 2.85 bits per heavy atom. The molecule has 1 aromatic heterocycles. The van der Waals surface area contributed by atoms with Crippen molar-refractivity contribution in [2.45, 2.75) is 31.8 Å². The van der Waals surface area contributed by atoms with Gasteiger partial charge in [-0.1, -0.05) is 30.3 Å². The van der Waals surface area contributed by atoms with E-state index in [0.717, 1.165) is 24.2 Å². The normalized spacial score (nSPS) is 14.2. The van der Waals surface area contributed by atoms with Crippen LogP contribution in [0.15, 0.2) is 30.3 Å². The Morgan fingerprint density at radius 1 is 1.40 bits per heavy atom. The third kappa shape index (κ3) is 2.96. The third-order valence-corrected chi connectivity index (χ3v) is 3.61. The zero-order valence-electron chi connectivity index (χ0n) is 11.0. The van der Waals surface area contributed by atoms with Crippen LogP contribution in [0.25, 0.3) is 11.4 Å². The van der Waals surface area contributed by atoms with E-state index in [1.54, 1.807) is 0 Å². The molecule has 6 heteroatoms. The molecule has 0 radical (unpaired) electrons. The van der Waals surface area contributed by atoms with Gasteiger partial charge in [0.15, 0.2) is 10.6 Å². The van der Waals surface area contributed by atoms with E-state index in [4.69, 9.17) is 12.2 Å². The number of carbonyl (C=O) groups excluding carboxylic acids is 1. The van der Waals surface area contributed by atoms with Crippen LogP contribution < -0.4 is 5.32 Å². The van der Waals surface area contributed by atoms with Crippen molar-refractivity contribution < 1.29 is 4.79 Å². The summed E-state index contributed by atoms with van der Waals surface area (Å²) in [6.07, 6.45) is 2.63. The Bertz CT molecular complexity index is 657. The molecule has 1 aliphatic rings. The van der Waals surface area contributed by atoms with Crippen molar-refractivity contribution >= 4 is 18.1 Å². The Morgan fingerprint density at radius 2 is 2.15 bits per heavy atom. The maximum atomic E-state index is 11.8. The summed E-state index contributed by atoms with van der Waals surface area (Å²) in [7, 11) is 0. The van der Waals surface area contributed by atoms with E-state index in [0.29, 0.717) is 23.8 Å². The summed E-state index contributed by atoms with van der Waals surface area (Å²) >= 11 is 5.24. The minimum Gasteiger partial charge on any atom is -0.353 e. The second-order valence-electron chi connectivity index (χ2n) is 4.96. The number of amides is 1. The van der Waals surface area contributed by atoms with Crippen LogP contribution in [0.3, 0.4) is 0 Å². The second kappa shape index (κ2) is 5.58. The average molecular weight is 288 g/mol. The molecule has 0 saturated heterocycles. The first-order valence-corrected chi connectivity index (χ1v) is 7.15. The molecule has 104 valence electrons. The highest BCUT2D eigenvalue weighted by atomic mass is 32.1. The molecular formula is C14H16N4OS. The van der Waals surface area contributed by atoms with Crippen LogP contribution in [-0.2, 0) is 11.3 Å². The number of aromatic nitrogens is 3. The van der Waals surface area contributed by atoms with Gasteiger partial charge in [0.2, 0.25) is 5.91 Å². The molecule has 1 amide bonds. The van der Waals surface area contributed by atoms with Gasteiger partial charge in [-0.25, -0.2) is 0 Å². The molecule has 0 aliphatic heterocycles. The van der Waals surface area contributed by atoms with E-state index >= 15 is 0 Å². The Kier molecular flexibility index (Phi) is 3.64. The number of rotatable bonds is 5. The smallest absolute Gasteiger partial charge is 0.222 e. The topological polar surface area (TPSA) is 62.7 Å². The molecule has 2 aromatic rings. The summed E-state index contributed by atoms with van der Waals surface area (Å²) in [4.78, 5) is 11.8. The van der Waals surface area contributed by atoms with Crippen LogP contribution in [0.5, 0.6) is 0 Å². The van der Waals surface area contributed by atoms with E-state index < -0.39 is 0 Å². The van der Waals surface area contributed by atoms with Crippen LogP contribution in [0.4, 0.5) is 0 Å². The molecular weight excluding hydrogens is 272 g/mol. The lowest BCUT2D eigenvalue weighted by Gasteiger charge is -2.07. The standard InChI is InChI=1S/C14H16N4OS/c19-12(15-11-6-7-11)8-9-18-13(16-17-14(18)20)10-4-2-1-3-5-10/h1-5,11H,6-9H2,(H,15,19)(H,17,20). The van der Waals surface area contributed by atoms with E-state index in [2.05, 4.69) is 15.5 Å². The quantitative estimate of drug-likeness (QED) is 0.830. The van der Waals surface area contributed by atoms with Crippen molar-refractivity contribution in [3.63, 3.8) is 0 Å². The molecule has 1 aliphatic carbocycles. The maximum Gasteiger partial charge on any atom is 0.222 e. The molecule has 20 heavy (non-hydrogen) atoms. The van der Waals surface area contributed by atoms with Gasteiger partial charge in [0, 0.05) is 24.6 Å².